The number of nitrogens with zero attached hydrogens (tertiary/aromatic N) is 2. The lowest BCUT2D eigenvalue weighted by atomic mass is 9.95. The van der Waals surface area contributed by atoms with Crippen molar-refractivity contribution in [3.63, 3.8) is 0 Å². The average molecular weight is 474 g/mol. The zero-order valence-electron chi connectivity index (χ0n) is 18.7. The second-order valence-electron chi connectivity index (χ2n) is 8.26. The first-order valence-corrected chi connectivity index (χ1v) is 11.6. The smallest absolute Gasteiger partial charge is 0.273 e. The minimum Gasteiger partial charge on any atom is -0.507 e. The number of ether oxygens (including phenoxy) is 1. The first-order chi connectivity index (χ1) is 16.6. The molecule has 1 amide bonds. The van der Waals surface area contributed by atoms with Gasteiger partial charge in [-0.05, 0) is 53.9 Å². The van der Waals surface area contributed by atoms with Crippen LogP contribution in [0.25, 0.3) is 11.3 Å². The summed E-state index contributed by atoms with van der Waals surface area (Å²) in [5.74, 6) is 0.711. The molecule has 1 aromatic heterocycles. The average Bonchev–Trinajstić information content (AvgIpc) is 3.39. The zero-order chi connectivity index (χ0) is 23.7. The fraction of sp³-hybridized carbons (Fsp3) is 0.185. The van der Waals surface area contributed by atoms with Crippen LogP contribution in [0.1, 0.15) is 46.6 Å². The van der Waals surface area contributed by atoms with Gasteiger partial charge in [0.05, 0.1) is 12.6 Å². The number of aromatic nitrogens is 2. The molecule has 3 aromatic carbocycles. The van der Waals surface area contributed by atoms with Crippen molar-refractivity contribution in [1.29, 1.82) is 0 Å². The molecule has 0 spiro atoms. The molecule has 1 unspecified atom stereocenters. The highest BCUT2D eigenvalue weighted by atomic mass is 35.5. The lowest BCUT2D eigenvalue weighted by Gasteiger charge is -2.27. The van der Waals surface area contributed by atoms with Crippen molar-refractivity contribution in [1.82, 2.24) is 15.1 Å². The van der Waals surface area contributed by atoms with E-state index in [-0.39, 0.29) is 11.7 Å². The van der Waals surface area contributed by atoms with E-state index in [1.807, 2.05) is 59.5 Å². The van der Waals surface area contributed by atoms with Gasteiger partial charge in [-0.15, -0.1) is 0 Å². The van der Waals surface area contributed by atoms with E-state index in [0.717, 1.165) is 28.9 Å². The third-order valence-corrected chi connectivity index (χ3v) is 6.19. The van der Waals surface area contributed by atoms with Crippen molar-refractivity contribution in [3.05, 3.63) is 100 Å². The molecule has 1 aliphatic heterocycles. The van der Waals surface area contributed by atoms with E-state index in [1.165, 1.54) is 0 Å². The molecule has 0 aliphatic carbocycles. The Kier molecular flexibility index (Phi) is 5.99. The first-order valence-electron chi connectivity index (χ1n) is 11.2. The number of fused-ring (bicyclic) bond motifs is 1. The first kappa shape index (κ1) is 22.0. The van der Waals surface area contributed by atoms with Gasteiger partial charge in [0.1, 0.15) is 22.9 Å². The van der Waals surface area contributed by atoms with E-state index >= 15 is 0 Å². The number of aromatic hydroxyl groups is 1. The number of H-pyrrole nitrogens is 1. The van der Waals surface area contributed by atoms with Crippen LogP contribution in [0.3, 0.4) is 0 Å². The van der Waals surface area contributed by atoms with E-state index in [0.29, 0.717) is 35.1 Å². The molecule has 1 aliphatic rings. The SMILES string of the molecule is CCCOc1cccc(C2c3c(-c4ccccc4O)n[nH]c3C(=O)N2Cc2ccc(Cl)cc2)c1. The molecule has 2 N–H and O–H groups in total. The number of phenolic OH excluding ortho intramolecular Hbond substituents is 1. The second kappa shape index (κ2) is 9.23. The maximum atomic E-state index is 13.6. The summed E-state index contributed by atoms with van der Waals surface area (Å²) in [5.41, 5.74) is 4.18. The van der Waals surface area contributed by atoms with Crippen molar-refractivity contribution in [3.8, 4) is 22.8 Å². The van der Waals surface area contributed by atoms with Crippen LogP contribution in [0.15, 0.2) is 72.8 Å². The summed E-state index contributed by atoms with van der Waals surface area (Å²) in [6.45, 7) is 3.06. The standard InChI is InChI=1S/C27H24ClN3O3/c1-2-14-34-20-7-5-6-18(15-20)26-23-24(21-8-3-4-9-22(21)32)29-30-25(23)27(33)31(26)16-17-10-12-19(28)13-11-17/h3-13,15,26,32H,2,14,16H2,1H3,(H,29,30). The number of aromatic amines is 1. The number of carbonyl (C=O) groups excluding carboxylic acids is 1. The van der Waals surface area contributed by atoms with Crippen molar-refractivity contribution in [2.45, 2.75) is 25.9 Å². The van der Waals surface area contributed by atoms with Crippen LogP contribution in [0.5, 0.6) is 11.5 Å². The molecule has 172 valence electrons. The second-order valence-corrected chi connectivity index (χ2v) is 8.70. The number of hydrogen-bond donors (Lipinski definition) is 2. The van der Waals surface area contributed by atoms with Crippen LogP contribution in [0.4, 0.5) is 0 Å². The third kappa shape index (κ3) is 4.01. The Morgan fingerprint density at radius 3 is 2.65 bits per heavy atom. The van der Waals surface area contributed by atoms with Crippen molar-refractivity contribution in [2.75, 3.05) is 6.61 Å². The minimum absolute atomic E-state index is 0.110. The molecule has 0 saturated heterocycles. The number of nitrogens with one attached hydrogen (secondary N) is 1. The highest BCUT2D eigenvalue weighted by molar-refractivity contribution is 6.30. The molecule has 1 atom stereocenters. The zero-order valence-corrected chi connectivity index (χ0v) is 19.4. The molecular weight excluding hydrogens is 450 g/mol. The quantitative estimate of drug-likeness (QED) is 0.346. The van der Waals surface area contributed by atoms with Gasteiger partial charge in [0.2, 0.25) is 0 Å². The number of benzene rings is 3. The molecule has 4 aromatic rings. The fourth-order valence-electron chi connectivity index (χ4n) is 4.37. The number of halogens is 1. The lowest BCUT2D eigenvalue weighted by molar-refractivity contribution is 0.0730. The van der Waals surface area contributed by atoms with E-state index < -0.39 is 6.04 Å². The Labute approximate surface area is 202 Å². The Morgan fingerprint density at radius 2 is 1.88 bits per heavy atom. The van der Waals surface area contributed by atoms with Gasteiger partial charge in [-0.1, -0.05) is 54.9 Å². The molecule has 0 radical (unpaired) electrons. The van der Waals surface area contributed by atoms with Crippen molar-refractivity contribution < 1.29 is 14.6 Å². The third-order valence-electron chi connectivity index (χ3n) is 5.94. The van der Waals surface area contributed by atoms with Gasteiger partial charge in [0.25, 0.3) is 5.91 Å². The largest absolute Gasteiger partial charge is 0.507 e. The Bertz CT molecular complexity index is 1330. The predicted octanol–water partition coefficient (Wildman–Crippen LogP) is 5.97. The highest BCUT2D eigenvalue weighted by Crippen LogP contribution is 2.45. The predicted molar refractivity (Wildman–Crippen MR) is 131 cm³/mol. The van der Waals surface area contributed by atoms with Crippen molar-refractivity contribution in [2.24, 2.45) is 0 Å². The summed E-state index contributed by atoms with van der Waals surface area (Å²) in [5, 5.41) is 18.5. The number of hydrogen-bond acceptors (Lipinski definition) is 4. The number of para-hydroxylation sites is 1. The summed E-state index contributed by atoms with van der Waals surface area (Å²) >= 11 is 6.07. The van der Waals surface area contributed by atoms with Crippen LogP contribution >= 0.6 is 11.6 Å². The summed E-state index contributed by atoms with van der Waals surface area (Å²) < 4.78 is 5.87. The van der Waals surface area contributed by atoms with Crippen LogP contribution in [0, 0.1) is 0 Å². The van der Waals surface area contributed by atoms with Gasteiger partial charge in [-0.2, -0.15) is 5.10 Å². The van der Waals surface area contributed by atoms with E-state index in [1.54, 1.807) is 18.2 Å². The summed E-state index contributed by atoms with van der Waals surface area (Å²) in [6.07, 6.45) is 0.901. The van der Waals surface area contributed by atoms with Crippen LogP contribution in [0.2, 0.25) is 5.02 Å². The lowest BCUT2D eigenvalue weighted by Crippen LogP contribution is -2.29. The van der Waals surface area contributed by atoms with Gasteiger partial charge in [0, 0.05) is 22.7 Å². The van der Waals surface area contributed by atoms with E-state index in [2.05, 4.69) is 17.1 Å². The fourth-order valence-corrected chi connectivity index (χ4v) is 4.49. The molecule has 0 bridgehead atoms. The number of carbonyl (C=O) groups is 1. The van der Waals surface area contributed by atoms with Gasteiger partial charge < -0.3 is 14.7 Å². The molecule has 7 heteroatoms. The molecular formula is C27H24ClN3O3. The molecule has 34 heavy (non-hydrogen) atoms. The number of amides is 1. The molecule has 6 nitrogen and oxygen atoms in total. The summed E-state index contributed by atoms with van der Waals surface area (Å²) in [4.78, 5) is 15.4. The van der Waals surface area contributed by atoms with Gasteiger partial charge in [-0.25, -0.2) is 0 Å². The van der Waals surface area contributed by atoms with E-state index in [4.69, 9.17) is 16.3 Å². The molecule has 0 saturated carbocycles. The molecule has 5 rings (SSSR count). The van der Waals surface area contributed by atoms with Gasteiger partial charge in [-0.3, -0.25) is 9.89 Å². The topological polar surface area (TPSA) is 78.5 Å². The van der Waals surface area contributed by atoms with E-state index in [9.17, 15) is 9.90 Å². The number of phenols is 1. The Balaban J connectivity index is 1.63. The Hall–Kier alpha value is -3.77. The summed E-state index contributed by atoms with van der Waals surface area (Å²) in [7, 11) is 0. The van der Waals surface area contributed by atoms with Crippen LogP contribution in [-0.2, 0) is 6.54 Å². The minimum atomic E-state index is -0.406. The molecule has 0 fully saturated rings. The van der Waals surface area contributed by atoms with Crippen molar-refractivity contribution >= 4 is 17.5 Å². The summed E-state index contributed by atoms with van der Waals surface area (Å²) in [6, 6.07) is 21.9. The Morgan fingerprint density at radius 1 is 1.09 bits per heavy atom. The highest BCUT2D eigenvalue weighted by Gasteiger charge is 2.42. The monoisotopic (exact) mass is 473 g/mol. The maximum Gasteiger partial charge on any atom is 0.273 e. The maximum absolute atomic E-state index is 13.6. The van der Waals surface area contributed by atoms with Gasteiger partial charge >= 0.3 is 0 Å². The van der Waals surface area contributed by atoms with Crippen LogP contribution in [-0.4, -0.2) is 32.7 Å². The normalized spacial score (nSPS) is 14.9. The van der Waals surface area contributed by atoms with Crippen LogP contribution < -0.4 is 4.74 Å². The van der Waals surface area contributed by atoms with Gasteiger partial charge in [0.15, 0.2) is 0 Å². The molecule has 2 heterocycles. The number of rotatable bonds is 7.